The van der Waals surface area contributed by atoms with Crippen LogP contribution >= 0.6 is 12.4 Å². The summed E-state index contributed by atoms with van der Waals surface area (Å²) in [5, 5.41) is 18.3. The molecule has 6 nitrogen and oxygen atoms in total. The Kier molecular flexibility index (Phi) is 5.10. The minimum Gasteiger partial charge on any atom is -0.480 e. The molecular formula is C13H17ClN2O4. The fourth-order valence-corrected chi connectivity index (χ4v) is 2.39. The quantitative estimate of drug-likeness (QED) is 0.750. The van der Waals surface area contributed by atoms with Crippen LogP contribution < -0.4 is 5.73 Å². The molecule has 1 aliphatic heterocycles. The number of hydrogen-bond donors (Lipinski definition) is 3. The first-order valence-corrected chi connectivity index (χ1v) is 5.95. The lowest BCUT2D eigenvalue weighted by Crippen LogP contribution is -2.50. The third kappa shape index (κ3) is 3.27. The van der Waals surface area contributed by atoms with Gasteiger partial charge in [-0.15, -0.1) is 12.4 Å². The molecule has 1 saturated heterocycles. The highest BCUT2D eigenvalue weighted by Crippen LogP contribution is 2.27. The van der Waals surface area contributed by atoms with E-state index in [-0.39, 0.29) is 25.4 Å². The number of hydrogen-bond acceptors (Lipinski definition) is 4. The van der Waals surface area contributed by atoms with Crippen molar-refractivity contribution in [2.75, 3.05) is 6.54 Å². The van der Waals surface area contributed by atoms with Gasteiger partial charge < -0.3 is 15.9 Å². The van der Waals surface area contributed by atoms with Gasteiger partial charge >= 0.3 is 11.9 Å². The SMILES string of the molecule is Cl.N[C@]1(C(=O)O)C[C@H](C(=O)O)N(Cc2ccccc2)C1. The van der Waals surface area contributed by atoms with E-state index >= 15 is 0 Å². The number of carboxylic acids is 2. The molecule has 1 aromatic carbocycles. The first kappa shape index (κ1) is 16.4. The number of nitrogens with two attached hydrogens (primary N) is 1. The molecule has 110 valence electrons. The Bertz CT molecular complexity index is 496. The maximum Gasteiger partial charge on any atom is 0.325 e. The second-order valence-corrected chi connectivity index (χ2v) is 4.91. The van der Waals surface area contributed by atoms with Crippen LogP contribution in [0.25, 0.3) is 0 Å². The summed E-state index contributed by atoms with van der Waals surface area (Å²) in [5.74, 6) is -2.20. The smallest absolute Gasteiger partial charge is 0.325 e. The Balaban J connectivity index is 0.00000200. The molecule has 1 fully saturated rings. The third-order valence-electron chi connectivity index (χ3n) is 3.42. The van der Waals surface area contributed by atoms with Crippen molar-refractivity contribution in [3.05, 3.63) is 35.9 Å². The zero-order chi connectivity index (χ0) is 14.0. The van der Waals surface area contributed by atoms with E-state index < -0.39 is 23.5 Å². The Morgan fingerprint density at radius 3 is 2.40 bits per heavy atom. The van der Waals surface area contributed by atoms with Gasteiger partial charge in [0.05, 0.1) is 0 Å². The first-order chi connectivity index (χ1) is 8.92. The number of halogens is 1. The Hall–Kier alpha value is -1.63. The summed E-state index contributed by atoms with van der Waals surface area (Å²) in [5.41, 5.74) is 5.22. The van der Waals surface area contributed by atoms with Crippen molar-refractivity contribution in [3.8, 4) is 0 Å². The van der Waals surface area contributed by atoms with Crippen LogP contribution in [0.15, 0.2) is 30.3 Å². The van der Waals surface area contributed by atoms with Gasteiger partial charge in [-0.2, -0.15) is 0 Å². The molecule has 0 spiro atoms. The van der Waals surface area contributed by atoms with Crippen molar-refractivity contribution < 1.29 is 19.8 Å². The molecule has 0 radical (unpaired) electrons. The Labute approximate surface area is 122 Å². The van der Waals surface area contributed by atoms with E-state index in [0.29, 0.717) is 6.54 Å². The zero-order valence-electron chi connectivity index (χ0n) is 10.7. The molecule has 4 N–H and O–H groups in total. The number of likely N-dealkylation sites (tertiary alicyclic amines) is 1. The minimum absolute atomic E-state index is 0. The van der Waals surface area contributed by atoms with Gasteiger partial charge in [0.25, 0.3) is 0 Å². The molecule has 0 unspecified atom stereocenters. The molecule has 0 saturated carbocycles. The number of aliphatic carboxylic acids is 2. The van der Waals surface area contributed by atoms with E-state index in [0.717, 1.165) is 5.56 Å². The fraction of sp³-hybridized carbons (Fsp3) is 0.385. The van der Waals surface area contributed by atoms with Crippen LogP contribution in [0.5, 0.6) is 0 Å². The van der Waals surface area contributed by atoms with Crippen LogP contribution in [0.3, 0.4) is 0 Å². The standard InChI is InChI=1S/C13H16N2O4.ClH/c14-13(12(18)19)6-10(11(16)17)15(8-13)7-9-4-2-1-3-5-9;/h1-5,10H,6-8,14H2,(H,16,17)(H,18,19);1H/t10-,13-;/m1./s1. The highest BCUT2D eigenvalue weighted by Gasteiger charge is 2.49. The third-order valence-corrected chi connectivity index (χ3v) is 3.42. The fourth-order valence-electron chi connectivity index (χ4n) is 2.39. The Morgan fingerprint density at radius 2 is 1.90 bits per heavy atom. The lowest BCUT2D eigenvalue weighted by atomic mass is 9.98. The van der Waals surface area contributed by atoms with E-state index in [1.54, 1.807) is 4.90 Å². The van der Waals surface area contributed by atoms with Crippen LogP contribution in [0, 0.1) is 0 Å². The van der Waals surface area contributed by atoms with Crippen molar-refractivity contribution in [3.63, 3.8) is 0 Å². The topological polar surface area (TPSA) is 104 Å². The van der Waals surface area contributed by atoms with E-state index in [4.69, 9.17) is 10.8 Å². The maximum atomic E-state index is 11.2. The maximum absolute atomic E-state index is 11.2. The van der Waals surface area contributed by atoms with Gasteiger partial charge in [0.2, 0.25) is 0 Å². The summed E-state index contributed by atoms with van der Waals surface area (Å²) in [4.78, 5) is 24.0. The van der Waals surface area contributed by atoms with E-state index in [9.17, 15) is 14.7 Å². The summed E-state index contributed by atoms with van der Waals surface area (Å²) in [6, 6.07) is 8.46. The van der Waals surface area contributed by atoms with Gasteiger partial charge in [-0.1, -0.05) is 30.3 Å². The molecule has 1 aromatic rings. The molecule has 0 amide bonds. The average molecular weight is 301 g/mol. The lowest BCUT2D eigenvalue weighted by molar-refractivity contribution is -0.142. The predicted molar refractivity (Wildman–Crippen MR) is 74.7 cm³/mol. The molecule has 2 atom stereocenters. The first-order valence-electron chi connectivity index (χ1n) is 5.95. The Morgan fingerprint density at radius 1 is 1.30 bits per heavy atom. The highest BCUT2D eigenvalue weighted by atomic mass is 35.5. The average Bonchev–Trinajstić information content (AvgIpc) is 2.69. The van der Waals surface area contributed by atoms with E-state index in [1.807, 2.05) is 30.3 Å². The highest BCUT2D eigenvalue weighted by molar-refractivity contribution is 5.85. The van der Waals surface area contributed by atoms with Crippen LogP contribution in [0.4, 0.5) is 0 Å². The number of carboxylic acid groups (broad SMARTS) is 2. The molecule has 7 heteroatoms. The second-order valence-electron chi connectivity index (χ2n) is 4.91. The van der Waals surface area contributed by atoms with Gasteiger partial charge in [0, 0.05) is 19.5 Å². The summed E-state index contributed by atoms with van der Waals surface area (Å²) in [6.45, 7) is 0.415. The number of nitrogens with zero attached hydrogens (tertiary/aromatic N) is 1. The van der Waals surface area contributed by atoms with Crippen LogP contribution in [0.1, 0.15) is 12.0 Å². The van der Waals surface area contributed by atoms with E-state index in [2.05, 4.69) is 0 Å². The van der Waals surface area contributed by atoms with Crippen LogP contribution in [-0.4, -0.2) is 45.2 Å². The molecule has 1 aliphatic rings. The van der Waals surface area contributed by atoms with Crippen molar-refractivity contribution >= 4 is 24.3 Å². The molecule has 1 heterocycles. The van der Waals surface area contributed by atoms with Crippen LogP contribution in [0.2, 0.25) is 0 Å². The van der Waals surface area contributed by atoms with Gasteiger partial charge in [-0.3, -0.25) is 14.5 Å². The minimum atomic E-state index is -1.49. The van der Waals surface area contributed by atoms with Crippen molar-refractivity contribution in [2.45, 2.75) is 24.5 Å². The molecule has 2 rings (SSSR count). The molecule has 0 bridgehead atoms. The van der Waals surface area contributed by atoms with E-state index in [1.165, 1.54) is 0 Å². The number of rotatable bonds is 4. The number of carbonyl (C=O) groups is 2. The van der Waals surface area contributed by atoms with Crippen molar-refractivity contribution in [1.29, 1.82) is 0 Å². The van der Waals surface area contributed by atoms with Crippen molar-refractivity contribution in [1.82, 2.24) is 4.90 Å². The predicted octanol–water partition coefficient (Wildman–Crippen LogP) is 0.549. The van der Waals surface area contributed by atoms with Gasteiger partial charge in [-0.25, -0.2) is 0 Å². The molecular weight excluding hydrogens is 284 g/mol. The molecule has 20 heavy (non-hydrogen) atoms. The summed E-state index contributed by atoms with van der Waals surface area (Å²) in [6.07, 6.45) is -0.0789. The largest absolute Gasteiger partial charge is 0.480 e. The normalized spacial score (nSPS) is 25.9. The van der Waals surface area contributed by atoms with Gasteiger partial charge in [0.1, 0.15) is 11.6 Å². The lowest BCUT2D eigenvalue weighted by Gasteiger charge is -2.21. The zero-order valence-corrected chi connectivity index (χ0v) is 11.5. The van der Waals surface area contributed by atoms with Crippen LogP contribution in [-0.2, 0) is 16.1 Å². The summed E-state index contributed by atoms with van der Waals surface area (Å²) in [7, 11) is 0. The van der Waals surface area contributed by atoms with Gasteiger partial charge in [0.15, 0.2) is 0 Å². The van der Waals surface area contributed by atoms with Crippen molar-refractivity contribution in [2.24, 2.45) is 5.73 Å². The molecule has 0 aromatic heterocycles. The molecule has 0 aliphatic carbocycles. The summed E-state index contributed by atoms with van der Waals surface area (Å²) < 4.78 is 0. The van der Waals surface area contributed by atoms with Gasteiger partial charge in [-0.05, 0) is 5.56 Å². The number of benzene rings is 1. The summed E-state index contributed by atoms with van der Waals surface area (Å²) >= 11 is 0. The second kappa shape index (κ2) is 6.21. The monoisotopic (exact) mass is 300 g/mol.